The average molecular weight is 257 g/mol. The number of hydrogen-bond donors (Lipinski definition) is 2. The van der Waals surface area contributed by atoms with Crippen LogP contribution >= 0.6 is 12.2 Å². The molecule has 1 atom stereocenters. The van der Waals surface area contributed by atoms with Gasteiger partial charge in [-0.1, -0.05) is 24.3 Å². The van der Waals surface area contributed by atoms with Gasteiger partial charge < -0.3 is 10.2 Å². The van der Waals surface area contributed by atoms with Crippen molar-refractivity contribution in [3.63, 3.8) is 0 Å². The number of hydrogen-bond acceptors (Lipinski definition) is 4. The molecule has 1 unspecified atom stereocenters. The molecule has 2 aromatic carbocycles. The number of nitrogens with zero attached hydrogens (tertiary/aromatic N) is 1. The minimum absolute atomic E-state index is 0.177. The first kappa shape index (κ1) is 12.3. The minimum atomic E-state index is -0.324. The van der Waals surface area contributed by atoms with Crippen LogP contribution in [0.15, 0.2) is 53.5 Å². The number of phenolic OH excluding ortho intramolecular Hbond substituents is 2. The van der Waals surface area contributed by atoms with Gasteiger partial charge in [0, 0.05) is 0 Å². The molecule has 2 rings (SSSR count). The van der Waals surface area contributed by atoms with Crippen LogP contribution < -0.4 is 0 Å². The molecule has 0 aliphatic carbocycles. The summed E-state index contributed by atoms with van der Waals surface area (Å²) in [7, 11) is 0. The maximum Gasteiger partial charge on any atom is 0.115 e. The molecule has 2 aromatic rings. The number of phenols is 2. The smallest absolute Gasteiger partial charge is 0.115 e. The summed E-state index contributed by atoms with van der Waals surface area (Å²) in [4.78, 5) is 4.11. The molecule has 0 fully saturated rings. The largest absolute Gasteiger partial charge is 0.508 e. The van der Waals surface area contributed by atoms with E-state index in [9.17, 15) is 10.2 Å². The third kappa shape index (κ3) is 2.74. The molecule has 0 heterocycles. The SMILES string of the molecule is Oc1ccc(C(N=C=S)c2cccc(O)c2)cc1. The van der Waals surface area contributed by atoms with Gasteiger partial charge in [0.05, 0.1) is 5.16 Å². The predicted octanol–water partition coefficient (Wildman–Crippen LogP) is 3.29. The van der Waals surface area contributed by atoms with Gasteiger partial charge in [-0.25, -0.2) is 4.99 Å². The lowest BCUT2D eigenvalue weighted by Crippen LogP contribution is -1.97. The molecule has 0 radical (unpaired) electrons. The van der Waals surface area contributed by atoms with Crippen LogP contribution in [0.5, 0.6) is 11.5 Å². The Kier molecular flexibility index (Phi) is 3.72. The van der Waals surface area contributed by atoms with Crippen molar-refractivity contribution in [2.75, 3.05) is 0 Å². The lowest BCUT2D eigenvalue weighted by Gasteiger charge is -2.12. The van der Waals surface area contributed by atoms with Crippen LogP contribution in [0.2, 0.25) is 0 Å². The van der Waals surface area contributed by atoms with E-state index in [4.69, 9.17) is 0 Å². The summed E-state index contributed by atoms with van der Waals surface area (Å²) >= 11 is 4.66. The van der Waals surface area contributed by atoms with Crippen LogP contribution in [0.3, 0.4) is 0 Å². The summed E-state index contributed by atoms with van der Waals surface area (Å²) in [6.07, 6.45) is 0. The van der Waals surface area contributed by atoms with Crippen LogP contribution in [0.25, 0.3) is 0 Å². The van der Waals surface area contributed by atoms with Gasteiger partial charge in [-0.15, -0.1) is 0 Å². The van der Waals surface area contributed by atoms with Gasteiger partial charge in [-0.2, -0.15) is 0 Å². The lowest BCUT2D eigenvalue weighted by molar-refractivity contribution is 0.473. The molecule has 4 heteroatoms. The first-order valence-corrected chi connectivity index (χ1v) is 5.76. The molecule has 0 aromatic heterocycles. The third-order valence-electron chi connectivity index (χ3n) is 2.58. The molecule has 90 valence electrons. The van der Waals surface area contributed by atoms with Gasteiger partial charge in [0.15, 0.2) is 0 Å². The first-order valence-electron chi connectivity index (χ1n) is 5.35. The maximum absolute atomic E-state index is 9.49. The van der Waals surface area contributed by atoms with E-state index in [1.165, 1.54) is 0 Å². The van der Waals surface area contributed by atoms with Gasteiger partial charge in [0.1, 0.15) is 17.5 Å². The normalized spacial score (nSPS) is 11.6. The van der Waals surface area contributed by atoms with Crippen molar-refractivity contribution in [1.29, 1.82) is 0 Å². The van der Waals surface area contributed by atoms with E-state index in [-0.39, 0.29) is 17.5 Å². The highest BCUT2D eigenvalue weighted by molar-refractivity contribution is 7.78. The van der Waals surface area contributed by atoms with Crippen LogP contribution in [-0.4, -0.2) is 15.4 Å². The highest BCUT2D eigenvalue weighted by Crippen LogP contribution is 2.28. The van der Waals surface area contributed by atoms with Crippen LogP contribution in [-0.2, 0) is 0 Å². The number of isothiocyanates is 1. The van der Waals surface area contributed by atoms with E-state index in [2.05, 4.69) is 22.4 Å². The molecule has 0 amide bonds. The zero-order valence-electron chi connectivity index (χ0n) is 9.45. The molecule has 0 saturated carbocycles. The number of thiocarbonyl (C=S) groups is 1. The van der Waals surface area contributed by atoms with E-state index in [0.29, 0.717) is 0 Å². The molecular weight excluding hydrogens is 246 g/mol. The lowest BCUT2D eigenvalue weighted by atomic mass is 9.99. The van der Waals surface area contributed by atoms with Gasteiger partial charge in [0.25, 0.3) is 0 Å². The van der Waals surface area contributed by atoms with Crippen molar-refractivity contribution in [3.8, 4) is 11.5 Å². The molecule has 3 nitrogen and oxygen atoms in total. The highest BCUT2D eigenvalue weighted by Gasteiger charge is 2.12. The van der Waals surface area contributed by atoms with E-state index in [0.717, 1.165) is 11.1 Å². The van der Waals surface area contributed by atoms with Crippen molar-refractivity contribution in [2.45, 2.75) is 6.04 Å². The van der Waals surface area contributed by atoms with Crippen LogP contribution in [0, 0.1) is 0 Å². The highest BCUT2D eigenvalue weighted by atomic mass is 32.1. The summed E-state index contributed by atoms with van der Waals surface area (Å²) in [5.41, 5.74) is 1.69. The van der Waals surface area contributed by atoms with E-state index < -0.39 is 0 Å². The Morgan fingerprint density at radius 2 is 1.67 bits per heavy atom. The standard InChI is InChI=1S/C14H11NO2S/c16-12-6-4-10(5-7-12)14(15-9-18)11-2-1-3-13(17)8-11/h1-8,14,16-17H. The van der Waals surface area contributed by atoms with Crippen molar-refractivity contribution < 1.29 is 10.2 Å². The molecule has 0 saturated heterocycles. The second-order valence-corrected chi connectivity index (χ2v) is 3.99. The number of aromatic hydroxyl groups is 2. The van der Waals surface area contributed by atoms with Gasteiger partial charge in [0.2, 0.25) is 0 Å². The Morgan fingerprint density at radius 3 is 2.28 bits per heavy atom. The maximum atomic E-state index is 9.49. The third-order valence-corrected chi connectivity index (χ3v) is 2.68. The fraction of sp³-hybridized carbons (Fsp3) is 0.0714. The van der Waals surface area contributed by atoms with Crippen LogP contribution in [0.4, 0.5) is 0 Å². The van der Waals surface area contributed by atoms with Crippen LogP contribution in [0.1, 0.15) is 17.2 Å². The summed E-state index contributed by atoms with van der Waals surface area (Å²) in [5.74, 6) is 0.371. The fourth-order valence-electron chi connectivity index (χ4n) is 1.75. The summed E-state index contributed by atoms with van der Waals surface area (Å²) < 4.78 is 0. The van der Waals surface area contributed by atoms with E-state index in [1.807, 2.05) is 6.07 Å². The fourth-order valence-corrected chi connectivity index (χ4v) is 1.85. The molecule has 0 aliphatic heterocycles. The number of rotatable bonds is 3. The van der Waals surface area contributed by atoms with Crippen molar-refractivity contribution in [2.24, 2.45) is 4.99 Å². The first-order chi connectivity index (χ1) is 8.70. The van der Waals surface area contributed by atoms with E-state index >= 15 is 0 Å². The summed E-state index contributed by atoms with van der Waals surface area (Å²) in [6.45, 7) is 0. The predicted molar refractivity (Wildman–Crippen MR) is 73.1 cm³/mol. The second-order valence-electron chi connectivity index (χ2n) is 3.81. The van der Waals surface area contributed by atoms with Crippen molar-refractivity contribution in [1.82, 2.24) is 0 Å². The monoisotopic (exact) mass is 257 g/mol. The summed E-state index contributed by atoms with van der Waals surface area (Å²) in [6, 6.07) is 13.2. The molecule has 0 bridgehead atoms. The minimum Gasteiger partial charge on any atom is -0.508 e. The van der Waals surface area contributed by atoms with Crippen molar-refractivity contribution >= 4 is 17.4 Å². The molecule has 0 spiro atoms. The number of aliphatic imine (C=N–C) groups is 1. The molecular formula is C14H11NO2S. The second kappa shape index (κ2) is 5.45. The Morgan fingerprint density at radius 1 is 0.944 bits per heavy atom. The molecule has 0 aliphatic rings. The van der Waals surface area contributed by atoms with Gasteiger partial charge in [-0.3, -0.25) is 0 Å². The van der Waals surface area contributed by atoms with Gasteiger partial charge >= 0.3 is 0 Å². The number of benzene rings is 2. The molecule has 2 N–H and O–H groups in total. The average Bonchev–Trinajstić information content (AvgIpc) is 2.37. The summed E-state index contributed by atoms with van der Waals surface area (Å²) in [5, 5.41) is 21.1. The quantitative estimate of drug-likeness (QED) is 0.655. The zero-order chi connectivity index (χ0) is 13.0. The Balaban J connectivity index is 2.46. The Hall–Kier alpha value is -2.16. The van der Waals surface area contributed by atoms with Gasteiger partial charge in [-0.05, 0) is 47.6 Å². The Bertz CT molecular complexity index is 589. The van der Waals surface area contributed by atoms with Crippen molar-refractivity contribution in [3.05, 3.63) is 59.7 Å². The Labute approximate surface area is 110 Å². The zero-order valence-corrected chi connectivity index (χ0v) is 10.3. The van der Waals surface area contributed by atoms with E-state index in [1.54, 1.807) is 42.5 Å². The topological polar surface area (TPSA) is 52.8 Å². The molecule has 18 heavy (non-hydrogen) atoms.